The highest BCUT2D eigenvalue weighted by Crippen LogP contribution is 2.21. The molecule has 106 valence electrons. The highest BCUT2D eigenvalue weighted by atomic mass is 19.1. The maximum atomic E-state index is 14.0. The van der Waals surface area contributed by atoms with Crippen LogP contribution in [0.5, 0.6) is 0 Å². The lowest BCUT2D eigenvalue weighted by atomic mass is 10.2. The van der Waals surface area contributed by atoms with Crippen LogP contribution in [-0.4, -0.2) is 16.0 Å². The van der Waals surface area contributed by atoms with E-state index in [1.165, 1.54) is 12.1 Å². The second-order valence-electron chi connectivity index (χ2n) is 4.48. The molecule has 1 aromatic heterocycles. The van der Waals surface area contributed by atoms with Crippen molar-refractivity contribution in [2.24, 2.45) is 0 Å². The summed E-state index contributed by atoms with van der Waals surface area (Å²) in [5, 5.41) is 13.9. The monoisotopic (exact) mass is 277 g/mol. The van der Waals surface area contributed by atoms with Crippen molar-refractivity contribution < 1.29 is 9.31 Å². The van der Waals surface area contributed by atoms with Crippen molar-refractivity contribution in [1.82, 2.24) is 9.88 Å². The van der Waals surface area contributed by atoms with Gasteiger partial charge in [0.15, 0.2) is 0 Å². The van der Waals surface area contributed by atoms with E-state index in [2.05, 4.69) is 5.32 Å². The molecule has 1 heterocycles. The first-order valence-electron chi connectivity index (χ1n) is 6.39. The summed E-state index contributed by atoms with van der Waals surface area (Å²) in [5.41, 5.74) is 0.921. The Hall–Kier alpha value is -2.21. The van der Waals surface area contributed by atoms with Crippen molar-refractivity contribution in [3.63, 3.8) is 0 Å². The van der Waals surface area contributed by atoms with E-state index in [4.69, 9.17) is 0 Å². The zero-order chi connectivity index (χ0) is 14.5. The molecule has 0 spiro atoms. The van der Waals surface area contributed by atoms with Crippen molar-refractivity contribution in [1.29, 1.82) is 0 Å². The van der Waals surface area contributed by atoms with Crippen LogP contribution in [0.2, 0.25) is 0 Å². The predicted octanol–water partition coefficient (Wildman–Crippen LogP) is 2.69. The summed E-state index contributed by atoms with van der Waals surface area (Å²) in [7, 11) is 0. The number of aromatic nitrogens is 1. The Morgan fingerprint density at radius 3 is 2.90 bits per heavy atom. The van der Waals surface area contributed by atoms with Crippen LogP contribution in [-0.2, 0) is 13.1 Å². The van der Waals surface area contributed by atoms with Crippen molar-refractivity contribution in [3.8, 4) is 0 Å². The number of nitrogens with zero attached hydrogens (tertiary/aromatic N) is 2. The van der Waals surface area contributed by atoms with Gasteiger partial charge in [-0.15, -0.1) is 0 Å². The normalized spacial score (nSPS) is 10.7. The summed E-state index contributed by atoms with van der Waals surface area (Å²) in [6.45, 7) is 3.93. The number of hydrogen-bond acceptors (Lipinski definition) is 3. The van der Waals surface area contributed by atoms with Gasteiger partial charge in [0.2, 0.25) is 5.82 Å². The van der Waals surface area contributed by atoms with Gasteiger partial charge in [-0.1, -0.05) is 19.1 Å². The van der Waals surface area contributed by atoms with Crippen LogP contribution in [0.25, 0.3) is 0 Å². The standard InChI is InChI=1S/C14H16FN3O2/c1-2-16-8-11-6-7-17(9-11)10-12-4-3-5-13(14(12)15)18(19)20/h3-7,9,16H,2,8,10H2,1H3. The quantitative estimate of drug-likeness (QED) is 0.652. The van der Waals surface area contributed by atoms with Gasteiger partial charge >= 0.3 is 5.69 Å². The minimum atomic E-state index is -0.764. The Balaban J connectivity index is 2.16. The number of hydrogen-bond donors (Lipinski definition) is 1. The average molecular weight is 277 g/mol. The third-order valence-electron chi connectivity index (χ3n) is 3.00. The first kappa shape index (κ1) is 14.2. The molecule has 1 N–H and O–H groups in total. The van der Waals surface area contributed by atoms with E-state index in [1.807, 2.05) is 30.0 Å². The highest BCUT2D eigenvalue weighted by Gasteiger charge is 2.17. The molecule has 0 amide bonds. The Morgan fingerprint density at radius 1 is 1.40 bits per heavy atom. The molecule has 0 saturated heterocycles. The lowest BCUT2D eigenvalue weighted by molar-refractivity contribution is -0.387. The van der Waals surface area contributed by atoms with E-state index in [0.717, 1.165) is 18.7 Å². The van der Waals surface area contributed by atoms with Gasteiger partial charge < -0.3 is 9.88 Å². The number of nitrogens with one attached hydrogen (secondary N) is 1. The summed E-state index contributed by atoms with van der Waals surface area (Å²) in [6, 6.07) is 6.18. The summed E-state index contributed by atoms with van der Waals surface area (Å²) < 4.78 is 15.8. The Bertz CT molecular complexity index is 610. The second-order valence-corrected chi connectivity index (χ2v) is 4.48. The average Bonchev–Trinajstić information content (AvgIpc) is 2.86. The SMILES string of the molecule is CCNCc1ccn(Cc2cccc([N+](=O)[O-])c2F)c1. The summed E-state index contributed by atoms with van der Waals surface area (Å²) in [6.07, 6.45) is 3.74. The fourth-order valence-electron chi connectivity index (χ4n) is 1.99. The third kappa shape index (κ3) is 3.21. The lowest BCUT2D eigenvalue weighted by Crippen LogP contribution is -2.11. The molecular weight excluding hydrogens is 261 g/mol. The fraction of sp³-hybridized carbons (Fsp3) is 0.286. The number of halogens is 1. The smallest absolute Gasteiger partial charge is 0.305 e. The van der Waals surface area contributed by atoms with E-state index >= 15 is 0 Å². The van der Waals surface area contributed by atoms with Crippen LogP contribution < -0.4 is 5.32 Å². The molecule has 2 rings (SSSR count). The maximum absolute atomic E-state index is 14.0. The molecule has 0 atom stereocenters. The number of nitro benzene ring substituents is 1. The van der Waals surface area contributed by atoms with E-state index in [9.17, 15) is 14.5 Å². The summed E-state index contributed by atoms with van der Waals surface area (Å²) >= 11 is 0. The van der Waals surface area contributed by atoms with Crippen LogP contribution in [0.3, 0.4) is 0 Å². The zero-order valence-corrected chi connectivity index (χ0v) is 11.2. The Morgan fingerprint density at radius 2 is 2.20 bits per heavy atom. The van der Waals surface area contributed by atoms with E-state index < -0.39 is 16.4 Å². The molecule has 0 fully saturated rings. The molecule has 0 bridgehead atoms. The minimum absolute atomic E-state index is 0.277. The molecule has 0 radical (unpaired) electrons. The number of benzene rings is 1. The van der Waals surface area contributed by atoms with Crippen molar-refractivity contribution in [2.75, 3.05) is 6.54 Å². The second kappa shape index (κ2) is 6.29. The lowest BCUT2D eigenvalue weighted by Gasteiger charge is -2.05. The highest BCUT2D eigenvalue weighted by molar-refractivity contribution is 5.37. The van der Waals surface area contributed by atoms with E-state index in [1.54, 1.807) is 6.07 Å². The minimum Gasteiger partial charge on any atom is -0.349 e. The molecule has 20 heavy (non-hydrogen) atoms. The number of nitro groups is 1. The van der Waals surface area contributed by atoms with Crippen molar-refractivity contribution in [2.45, 2.75) is 20.0 Å². The van der Waals surface area contributed by atoms with Gasteiger partial charge in [-0.2, -0.15) is 4.39 Å². The molecular formula is C14H16FN3O2. The molecule has 0 saturated carbocycles. The molecule has 6 heteroatoms. The van der Waals surface area contributed by atoms with Crippen LogP contribution >= 0.6 is 0 Å². The van der Waals surface area contributed by atoms with Crippen molar-refractivity contribution >= 4 is 5.69 Å². The first-order chi connectivity index (χ1) is 9.61. The Labute approximate surface area is 116 Å². The summed E-state index contributed by atoms with van der Waals surface area (Å²) in [5.74, 6) is -0.764. The van der Waals surface area contributed by atoms with Gasteiger partial charge in [0.25, 0.3) is 0 Å². The molecule has 0 aliphatic heterocycles. The molecule has 0 aliphatic carbocycles. The summed E-state index contributed by atoms with van der Waals surface area (Å²) in [4.78, 5) is 10.00. The fourth-order valence-corrected chi connectivity index (χ4v) is 1.99. The molecule has 0 unspecified atom stereocenters. The first-order valence-corrected chi connectivity index (χ1v) is 6.39. The van der Waals surface area contributed by atoms with Crippen molar-refractivity contribution in [3.05, 3.63) is 63.7 Å². The Kier molecular flexibility index (Phi) is 4.47. The zero-order valence-electron chi connectivity index (χ0n) is 11.2. The van der Waals surface area contributed by atoms with Gasteiger partial charge in [0.05, 0.1) is 11.5 Å². The largest absolute Gasteiger partial charge is 0.349 e. The number of rotatable bonds is 6. The maximum Gasteiger partial charge on any atom is 0.305 e. The molecule has 2 aromatic rings. The third-order valence-corrected chi connectivity index (χ3v) is 3.00. The van der Waals surface area contributed by atoms with Crippen LogP contribution in [0, 0.1) is 15.9 Å². The molecule has 1 aromatic carbocycles. The van der Waals surface area contributed by atoms with Gasteiger partial charge in [0, 0.05) is 30.6 Å². The van der Waals surface area contributed by atoms with Gasteiger partial charge in [-0.3, -0.25) is 10.1 Å². The topological polar surface area (TPSA) is 60.1 Å². The molecule has 0 aliphatic rings. The van der Waals surface area contributed by atoms with E-state index in [0.29, 0.717) is 5.56 Å². The predicted molar refractivity (Wildman–Crippen MR) is 74.0 cm³/mol. The van der Waals surface area contributed by atoms with Gasteiger partial charge in [-0.05, 0) is 18.2 Å². The van der Waals surface area contributed by atoms with Crippen LogP contribution in [0.4, 0.5) is 10.1 Å². The van der Waals surface area contributed by atoms with Gasteiger partial charge in [-0.25, -0.2) is 0 Å². The van der Waals surface area contributed by atoms with Gasteiger partial charge in [0.1, 0.15) is 0 Å². The van der Waals surface area contributed by atoms with Crippen LogP contribution in [0.15, 0.2) is 36.7 Å². The molecule has 5 nitrogen and oxygen atoms in total. The van der Waals surface area contributed by atoms with Crippen LogP contribution in [0.1, 0.15) is 18.1 Å². The van der Waals surface area contributed by atoms with E-state index in [-0.39, 0.29) is 6.54 Å².